The highest BCUT2D eigenvalue weighted by atomic mass is 16.5. The number of aliphatic carboxylic acids is 1. The molecule has 1 aliphatic heterocycles. The number of carbonyl (C=O) groups is 2. The van der Waals surface area contributed by atoms with Gasteiger partial charge in [-0.25, -0.2) is 4.79 Å². The van der Waals surface area contributed by atoms with Gasteiger partial charge in [0.15, 0.2) is 0 Å². The zero-order chi connectivity index (χ0) is 11.8. The number of pyridine rings is 1. The fourth-order valence-corrected chi connectivity index (χ4v) is 1.49. The lowest BCUT2D eigenvalue weighted by Crippen LogP contribution is -2.31. The lowest BCUT2D eigenvalue weighted by Gasteiger charge is -2.21. The van der Waals surface area contributed by atoms with E-state index in [1.165, 1.54) is 13.1 Å². The van der Waals surface area contributed by atoms with Crippen LogP contribution in [0.2, 0.25) is 0 Å². The van der Waals surface area contributed by atoms with E-state index < -0.39 is 17.4 Å². The highest BCUT2D eigenvalue weighted by molar-refractivity contribution is 6.05. The lowest BCUT2D eigenvalue weighted by molar-refractivity contribution is -0.141. The maximum atomic E-state index is 11.7. The Kier molecular flexibility index (Phi) is 2.23. The molecular formula is C11H9NO4. The quantitative estimate of drug-likeness (QED) is 0.798. The van der Waals surface area contributed by atoms with Gasteiger partial charge < -0.3 is 9.84 Å². The number of hydrogen-bond donors (Lipinski definition) is 1. The summed E-state index contributed by atoms with van der Waals surface area (Å²) in [5.41, 5.74) is -0.929. The summed E-state index contributed by atoms with van der Waals surface area (Å²) in [4.78, 5) is 26.4. The van der Waals surface area contributed by atoms with Crippen molar-refractivity contribution in [2.45, 2.75) is 12.5 Å². The van der Waals surface area contributed by atoms with Crippen molar-refractivity contribution in [3.8, 4) is 0 Å². The van der Waals surface area contributed by atoms with Crippen molar-refractivity contribution in [3.05, 3.63) is 41.9 Å². The van der Waals surface area contributed by atoms with Gasteiger partial charge in [-0.05, 0) is 19.1 Å². The van der Waals surface area contributed by atoms with E-state index in [-0.39, 0.29) is 5.76 Å². The zero-order valence-corrected chi connectivity index (χ0v) is 8.51. The third-order valence-corrected chi connectivity index (χ3v) is 2.41. The number of nitrogens with zero attached hydrogens (tertiary/aromatic N) is 1. The van der Waals surface area contributed by atoms with Crippen molar-refractivity contribution in [2.24, 2.45) is 0 Å². The lowest BCUT2D eigenvalue weighted by atomic mass is 9.97. The smallest absolute Gasteiger partial charge is 0.371 e. The molecule has 2 rings (SSSR count). The number of carbonyl (C=O) groups excluding carboxylic acids is 1. The van der Waals surface area contributed by atoms with Crippen LogP contribution in [0.4, 0.5) is 0 Å². The molecular weight excluding hydrogens is 210 g/mol. The highest BCUT2D eigenvalue weighted by Crippen LogP contribution is 2.33. The number of carboxylic acid groups (broad SMARTS) is 1. The molecule has 0 saturated carbocycles. The average Bonchev–Trinajstić information content (AvgIpc) is 2.58. The molecule has 0 radical (unpaired) electrons. The number of ether oxygens (including phenoxy) is 1. The van der Waals surface area contributed by atoms with E-state index in [0.717, 1.165) is 6.08 Å². The first-order valence-electron chi connectivity index (χ1n) is 4.64. The van der Waals surface area contributed by atoms with Crippen LogP contribution in [0.25, 0.3) is 0 Å². The molecule has 0 saturated heterocycles. The molecule has 1 aromatic rings. The topological polar surface area (TPSA) is 76.5 Å². The predicted molar refractivity (Wildman–Crippen MR) is 53.4 cm³/mol. The van der Waals surface area contributed by atoms with Crippen LogP contribution in [0.1, 0.15) is 12.6 Å². The second-order valence-corrected chi connectivity index (χ2v) is 3.53. The Hall–Kier alpha value is -2.17. The van der Waals surface area contributed by atoms with Gasteiger partial charge >= 0.3 is 5.97 Å². The molecule has 1 atom stereocenters. The van der Waals surface area contributed by atoms with Gasteiger partial charge in [0, 0.05) is 12.3 Å². The molecule has 1 aliphatic rings. The second kappa shape index (κ2) is 3.44. The summed E-state index contributed by atoms with van der Waals surface area (Å²) in [5.74, 6) is -2.02. The Labute approximate surface area is 91.4 Å². The number of hydrogen-bond acceptors (Lipinski definition) is 4. The average molecular weight is 219 g/mol. The maximum absolute atomic E-state index is 11.7. The summed E-state index contributed by atoms with van der Waals surface area (Å²) < 4.78 is 5.16. The Balaban J connectivity index is 2.38. The molecule has 0 aromatic carbocycles. The van der Waals surface area contributed by atoms with E-state index in [2.05, 4.69) is 4.98 Å². The molecule has 0 amide bonds. The molecule has 1 unspecified atom stereocenters. The van der Waals surface area contributed by atoms with Crippen molar-refractivity contribution < 1.29 is 19.4 Å². The first-order valence-corrected chi connectivity index (χ1v) is 4.64. The Morgan fingerprint density at radius 3 is 2.75 bits per heavy atom. The molecule has 1 N–H and O–H groups in total. The SMILES string of the molecule is CC1(c2ccccn2)OC(C(=O)O)=CC1=O. The molecule has 82 valence electrons. The number of carboxylic acids is 1. The molecule has 5 nitrogen and oxygen atoms in total. The van der Waals surface area contributed by atoms with Crippen molar-refractivity contribution in [2.75, 3.05) is 0 Å². The Morgan fingerprint density at radius 2 is 2.25 bits per heavy atom. The normalized spacial score (nSPS) is 23.8. The van der Waals surface area contributed by atoms with Gasteiger partial charge in [0.2, 0.25) is 17.1 Å². The van der Waals surface area contributed by atoms with Crippen LogP contribution < -0.4 is 0 Å². The molecule has 16 heavy (non-hydrogen) atoms. The number of rotatable bonds is 2. The third kappa shape index (κ3) is 1.46. The second-order valence-electron chi connectivity index (χ2n) is 3.53. The molecule has 0 bridgehead atoms. The van der Waals surface area contributed by atoms with Crippen molar-refractivity contribution in [3.63, 3.8) is 0 Å². The largest absolute Gasteiger partial charge is 0.475 e. The zero-order valence-electron chi connectivity index (χ0n) is 8.51. The van der Waals surface area contributed by atoms with Gasteiger partial charge in [-0.1, -0.05) is 6.07 Å². The predicted octanol–water partition coefficient (Wildman–Crippen LogP) is 0.865. The molecule has 0 fully saturated rings. The minimum Gasteiger partial charge on any atom is -0.475 e. The van der Waals surface area contributed by atoms with E-state index in [4.69, 9.17) is 9.84 Å². The number of ketones is 1. The first-order chi connectivity index (χ1) is 7.54. The van der Waals surface area contributed by atoms with Gasteiger partial charge in [-0.3, -0.25) is 9.78 Å². The monoisotopic (exact) mass is 219 g/mol. The van der Waals surface area contributed by atoms with Crippen molar-refractivity contribution in [1.82, 2.24) is 4.98 Å². The highest BCUT2D eigenvalue weighted by Gasteiger charge is 2.44. The summed E-state index contributed by atoms with van der Waals surface area (Å²) in [6.07, 6.45) is 2.51. The van der Waals surface area contributed by atoms with Crippen LogP contribution in [0.5, 0.6) is 0 Å². The van der Waals surface area contributed by atoms with Gasteiger partial charge in [0.05, 0.1) is 5.69 Å². The van der Waals surface area contributed by atoms with Crippen LogP contribution in [-0.4, -0.2) is 21.8 Å². The Morgan fingerprint density at radius 1 is 1.50 bits per heavy atom. The summed E-state index contributed by atoms with van der Waals surface area (Å²) in [7, 11) is 0. The third-order valence-electron chi connectivity index (χ3n) is 2.41. The van der Waals surface area contributed by atoms with Crippen LogP contribution in [0, 0.1) is 0 Å². The summed E-state index contributed by atoms with van der Waals surface area (Å²) in [6, 6.07) is 5.04. The molecule has 2 heterocycles. The summed E-state index contributed by atoms with van der Waals surface area (Å²) >= 11 is 0. The minimum absolute atomic E-state index is 0.349. The van der Waals surface area contributed by atoms with E-state index in [1.54, 1.807) is 18.2 Å². The van der Waals surface area contributed by atoms with Gasteiger partial charge in [-0.15, -0.1) is 0 Å². The van der Waals surface area contributed by atoms with Crippen LogP contribution in [0.3, 0.4) is 0 Å². The van der Waals surface area contributed by atoms with Gasteiger partial charge in [-0.2, -0.15) is 0 Å². The first kappa shape index (κ1) is 10.4. The molecule has 0 spiro atoms. The minimum atomic E-state index is -1.32. The molecule has 1 aromatic heterocycles. The van der Waals surface area contributed by atoms with Crippen molar-refractivity contribution >= 4 is 11.8 Å². The maximum Gasteiger partial charge on any atom is 0.371 e. The van der Waals surface area contributed by atoms with Crippen LogP contribution in [0.15, 0.2) is 36.2 Å². The van der Waals surface area contributed by atoms with E-state index in [9.17, 15) is 9.59 Å². The fourth-order valence-electron chi connectivity index (χ4n) is 1.49. The van der Waals surface area contributed by atoms with Crippen LogP contribution >= 0.6 is 0 Å². The van der Waals surface area contributed by atoms with Gasteiger partial charge in [0.25, 0.3) is 0 Å². The van der Waals surface area contributed by atoms with E-state index >= 15 is 0 Å². The summed E-state index contributed by atoms with van der Waals surface area (Å²) in [5, 5.41) is 8.74. The van der Waals surface area contributed by atoms with Crippen molar-refractivity contribution in [1.29, 1.82) is 0 Å². The van der Waals surface area contributed by atoms with E-state index in [1.807, 2.05) is 0 Å². The Bertz CT molecular complexity index is 480. The van der Waals surface area contributed by atoms with E-state index in [0.29, 0.717) is 5.69 Å². The fraction of sp³-hybridized carbons (Fsp3) is 0.182. The summed E-state index contributed by atoms with van der Waals surface area (Å²) in [6.45, 7) is 1.50. The van der Waals surface area contributed by atoms with Gasteiger partial charge in [0.1, 0.15) is 0 Å². The molecule has 0 aliphatic carbocycles. The standard InChI is InChI=1S/C11H9NO4/c1-11(8-4-2-3-5-12-8)9(13)6-7(16-11)10(14)15/h2-6H,1H3,(H,14,15). The number of aromatic nitrogens is 1. The van der Waals surface area contributed by atoms with Crippen LogP contribution in [-0.2, 0) is 19.9 Å². The molecule has 5 heteroatoms.